The first kappa shape index (κ1) is 22.2. The van der Waals surface area contributed by atoms with Crippen molar-refractivity contribution in [3.8, 4) is 0 Å². The molecule has 0 radical (unpaired) electrons. The molecule has 0 aliphatic carbocycles. The number of piperazine rings is 1. The van der Waals surface area contributed by atoms with Crippen molar-refractivity contribution >= 4 is 28.7 Å². The average molecular weight is 469 g/mol. The Morgan fingerprint density at radius 2 is 1.94 bits per heavy atom. The summed E-state index contributed by atoms with van der Waals surface area (Å²) < 4.78 is 31.8. The van der Waals surface area contributed by atoms with E-state index >= 15 is 4.39 Å². The zero-order chi connectivity index (χ0) is 24.1. The van der Waals surface area contributed by atoms with Crippen molar-refractivity contribution in [3.05, 3.63) is 52.9 Å². The highest BCUT2D eigenvalue weighted by Crippen LogP contribution is 2.36. The molecule has 1 fully saturated rings. The lowest BCUT2D eigenvalue weighted by Crippen LogP contribution is -2.46. The molecule has 9 nitrogen and oxygen atoms in total. The minimum absolute atomic E-state index is 0.0247. The van der Waals surface area contributed by atoms with E-state index in [9.17, 15) is 14.0 Å². The third-order valence-corrected chi connectivity index (χ3v) is 6.58. The number of nitrogens with zero attached hydrogens (tertiary/aromatic N) is 5. The number of aryl methyl sites for hydroxylation is 1. The fourth-order valence-corrected chi connectivity index (χ4v) is 4.64. The van der Waals surface area contributed by atoms with Crippen molar-refractivity contribution in [1.82, 2.24) is 24.6 Å². The van der Waals surface area contributed by atoms with E-state index in [2.05, 4.69) is 25.5 Å². The van der Waals surface area contributed by atoms with Crippen LogP contribution in [0.2, 0.25) is 0 Å². The number of hydrogen-bond acceptors (Lipinski definition) is 6. The molecule has 3 aromatic heterocycles. The summed E-state index contributed by atoms with van der Waals surface area (Å²) in [5, 5.41) is 5.13. The molecule has 2 aliphatic rings. The predicted molar refractivity (Wildman–Crippen MR) is 122 cm³/mol. The van der Waals surface area contributed by atoms with E-state index < -0.39 is 23.6 Å². The molecule has 0 aromatic carbocycles. The van der Waals surface area contributed by atoms with Crippen LogP contribution in [-0.4, -0.2) is 64.3 Å². The summed E-state index contributed by atoms with van der Waals surface area (Å²) in [6.45, 7) is 6.16. The standard InChI is InChI=1S/C23H25F2N7O2/c1-12-18-20-19(29-22(12)33)17(24)14(11-32(20)13(2)27-18)10-30-6-8-31(9-7-30)16-5-4-15(23(34)26-3)28-21(16)25/h4-5,11-12H,6-10H2,1-3H3,(H,26,34)(H,29,33)/t12-/m1/s1. The van der Waals surface area contributed by atoms with Gasteiger partial charge >= 0.3 is 0 Å². The summed E-state index contributed by atoms with van der Waals surface area (Å²) in [4.78, 5) is 36.2. The molecular weight excluding hydrogens is 444 g/mol. The number of hydrogen-bond donors (Lipinski definition) is 2. The molecule has 0 unspecified atom stereocenters. The molecule has 5 heterocycles. The first-order chi connectivity index (χ1) is 16.3. The van der Waals surface area contributed by atoms with Gasteiger partial charge in [-0.25, -0.2) is 14.4 Å². The summed E-state index contributed by atoms with van der Waals surface area (Å²) in [6, 6.07) is 3.06. The van der Waals surface area contributed by atoms with Gasteiger partial charge in [0.15, 0.2) is 5.82 Å². The number of pyridine rings is 2. The van der Waals surface area contributed by atoms with E-state index in [-0.39, 0.29) is 17.3 Å². The SMILES string of the molecule is CNC(=O)c1ccc(N2CCN(Cc3cn4c(C)nc5c4c(c3F)NC(=O)[C@@H]5C)CC2)c(F)n1. The normalized spacial score (nSPS) is 18.3. The lowest BCUT2D eigenvalue weighted by atomic mass is 10.0. The van der Waals surface area contributed by atoms with Crippen molar-refractivity contribution in [1.29, 1.82) is 0 Å². The third-order valence-electron chi connectivity index (χ3n) is 6.58. The van der Waals surface area contributed by atoms with Crippen LogP contribution in [0.5, 0.6) is 0 Å². The largest absolute Gasteiger partial charge is 0.365 e. The van der Waals surface area contributed by atoms with Gasteiger partial charge in [-0.05, 0) is 26.0 Å². The fraction of sp³-hybridized carbons (Fsp3) is 0.391. The molecule has 0 saturated carbocycles. The highest BCUT2D eigenvalue weighted by atomic mass is 19.1. The van der Waals surface area contributed by atoms with Gasteiger partial charge in [-0.1, -0.05) is 0 Å². The Morgan fingerprint density at radius 3 is 2.62 bits per heavy atom. The maximum absolute atomic E-state index is 15.4. The number of rotatable bonds is 4. The van der Waals surface area contributed by atoms with Crippen molar-refractivity contribution in [2.45, 2.75) is 26.3 Å². The summed E-state index contributed by atoms with van der Waals surface area (Å²) in [7, 11) is 1.46. The van der Waals surface area contributed by atoms with Gasteiger partial charge in [-0.3, -0.25) is 14.5 Å². The molecule has 178 valence electrons. The molecule has 34 heavy (non-hydrogen) atoms. The van der Waals surface area contributed by atoms with Crippen LogP contribution in [0.25, 0.3) is 5.52 Å². The van der Waals surface area contributed by atoms with E-state index in [1.54, 1.807) is 19.2 Å². The number of halogens is 2. The molecule has 0 spiro atoms. The van der Waals surface area contributed by atoms with Gasteiger partial charge in [0.05, 0.1) is 22.8 Å². The first-order valence-corrected chi connectivity index (χ1v) is 11.1. The lowest BCUT2D eigenvalue weighted by Gasteiger charge is -2.36. The Hall–Kier alpha value is -3.60. The second-order valence-electron chi connectivity index (χ2n) is 8.67. The number of aromatic nitrogens is 3. The topological polar surface area (TPSA) is 94.9 Å². The van der Waals surface area contributed by atoms with Crippen LogP contribution in [0, 0.1) is 18.7 Å². The molecule has 2 aliphatic heterocycles. The Morgan fingerprint density at radius 1 is 1.21 bits per heavy atom. The molecule has 5 rings (SSSR count). The molecule has 1 saturated heterocycles. The second kappa shape index (κ2) is 8.32. The summed E-state index contributed by atoms with van der Waals surface area (Å²) in [5.41, 5.74) is 2.20. The second-order valence-corrected chi connectivity index (χ2v) is 8.67. The third kappa shape index (κ3) is 3.56. The van der Waals surface area contributed by atoms with Crippen molar-refractivity contribution in [2.75, 3.05) is 43.4 Å². The van der Waals surface area contributed by atoms with Crippen LogP contribution in [0.3, 0.4) is 0 Å². The first-order valence-electron chi connectivity index (χ1n) is 11.1. The van der Waals surface area contributed by atoms with E-state index in [0.717, 1.165) is 0 Å². The minimum Gasteiger partial charge on any atom is -0.365 e. The van der Waals surface area contributed by atoms with Crippen LogP contribution in [0.1, 0.15) is 40.4 Å². The van der Waals surface area contributed by atoms with Gasteiger partial charge in [-0.2, -0.15) is 4.39 Å². The van der Waals surface area contributed by atoms with Crippen molar-refractivity contribution in [3.63, 3.8) is 0 Å². The number of imidazole rings is 1. The average Bonchev–Trinajstić information content (AvgIpc) is 3.16. The zero-order valence-corrected chi connectivity index (χ0v) is 19.2. The minimum atomic E-state index is -0.693. The van der Waals surface area contributed by atoms with Gasteiger partial charge < -0.3 is 19.9 Å². The summed E-state index contributed by atoms with van der Waals surface area (Å²) in [5.74, 6) is -1.59. The Kier molecular flexibility index (Phi) is 5.43. The Bertz CT molecular complexity index is 1310. The Labute approximate surface area is 194 Å². The maximum Gasteiger partial charge on any atom is 0.269 e. The predicted octanol–water partition coefficient (Wildman–Crippen LogP) is 2.05. The Balaban J connectivity index is 1.33. The number of anilines is 2. The van der Waals surface area contributed by atoms with Gasteiger partial charge in [0.1, 0.15) is 17.2 Å². The summed E-state index contributed by atoms with van der Waals surface area (Å²) >= 11 is 0. The highest BCUT2D eigenvalue weighted by molar-refractivity contribution is 6.04. The molecule has 11 heteroatoms. The smallest absolute Gasteiger partial charge is 0.269 e. The van der Waals surface area contributed by atoms with Gasteiger partial charge in [0.25, 0.3) is 5.91 Å². The van der Waals surface area contributed by atoms with E-state index in [1.165, 1.54) is 13.1 Å². The van der Waals surface area contributed by atoms with Gasteiger partial charge in [0, 0.05) is 51.5 Å². The monoisotopic (exact) mass is 469 g/mol. The van der Waals surface area contributed by atoms with E-state index in [4.69, 9.17) is 0 Å². The maximum atomic E-state index is 15.4. The van der Waals surface area contributed by atoms with Crippen LogP contribution in [0.15, 0.2) is 18.3 Å². The molecule has 2 N–H and O–H groups in total. The quantitative estimate of drug-likeness (QED) is 0.568. The van der Waals surface area contributed by atoms with Gasteiger partial charge in [-0.15, -0.1) is 0 Å². The van der Waals surface area contributed by atoms with Crippen LogP contribution >= 0.6 is 0 Å². The van der Waals surface area contributed by atoms with Crippen molar-refractivity contribution in [2.24, 2.45) is 0 Å². The number of carbonyl (C=O) groups is 2. The molecule has 2 amide bonds. The zero-order valence-electron chi connectivity index (χ0n) is 19.2. The number of amides is 2. The van der Waals surface area contributed by atoms with Crippen molar-refractivity contribution < 1.29 is 18.4 Å². The molecule has 3 aromatic rings. The van der Waals surface area contributed by atoms with E-state index in [1.807, 2.05) is 16.2 Å². The van der Waals surface area contributed by atoms with Crippen LogP contribution < -0.4 is 15.5 Å². The van der Waals surface area contributed by atoms with E-state index in [0.29, 0.717) is 61.0 Å². The van der Waals surface area contributed by atoms with Crippen LogP contribution in [0.4, 0.5) is 20.2 Å². The summed E-state index contributed by atoms with van der Waals surface area (Å²) in [6.07, 6.45) is 1.75. The van der Waals surface area contributed by atoms with Gasteiger partial charge in [0.2, 0.25) is 11.9 Å². The highest BCUT2D eigenvalue weighted by Gasteiger charge is 2.32. The van der Waals surface area contributed by atoms with Crippen LogP contribution in [-0.2, 0) is 11.3 Å². The number of carbonyl (C=O) groups excluding carboxylic acids is 2. The molecule has 1 atom stereocenters. The lowest BCUT2D eigenvalue weighted by molar-refractivity contribution is -0.117. The number of nitrogens with one attached hydrogen (secondary N) is 2. The molecular formula is C23H25F2N7O2. The molecule has 0 bridgehead atoms. The fourth-order valence-electron chi connectivity index (χ4n) is 4.64.